The summed E-state index contributed by atoms with van der Waals surface area (Å²) in [5.74, 6) is -0.453. The number of phenolic OH excluding ortho intramolecular Hbond substituents is 1. The predicted molar refractivity (Wildman–Crippen MR) is 79.7 cm³/mol. The van der Waals surface area contributed by atoms with Gasteiger partial charge >= 0.3 is 0 Å². The topological polar surface area (TPSA) is 86.7 Å². The predicted octanol–water partition coefficient (Wildman–Crippen LogP) is 0.854. The Hall–Kier alpha value is -1.60. The van der Waals surface area contributed by atoms with E-state index >= 15 is 0 Å². The summed E-state index contributed by atoms with van der Waals surface area (Å²) in [4.78, 5) is 12.2. The molecule has 1 amide bonds. The highest BCUT2D eigenvalue weighted by Gasteiger charge is 2.27. The molecular formula is C14H20N2O4S. The Morgan fingerprint density at radius 2 is 2.14 bits per heavy atom. The number of amides is 1. The highest BCUT2D eigenvalue weighted by Crippen LogP contribution is 2.19. The second-order valence-electron chi connectivity index (χ2n) is 5.45. The van der Waals surface area contributed by atoms with Gasteiger partial charge in [0.1, 0.15) is 5.75 Å². The first kappa shape index (κ1) is 15.8. The van der Waals surface area contributed by atoms with Gasteiger partial charge in [0, 0.05) is 19.1 Å². The smallest absolute Gasteiger partial charge is 0.255 e. The SMILES string of the molecule is Cc1ccc(O)c(C(=O)NC2CCCN(S(C)(=O)=O)C2)c1. The highest BCUT2D eigenvalue weighted by atomic mass is 32.2. The molecule has 7 heteroatoms. The standard InChI is InChI=1S/C14H20N2O4S/c1-10-5-6-13(17)12(8-10)14(18)15-11-4-3-7-16(9-11)21(2,19)20/h5-6,8,11,17H,3-4,7,9H2,1-2H3,(H,15,18). The maximum Gasteiger partial charge on any atom is 0.255 e. The maximum absolute atomic E-state index is 12.2. The first-order valence-corrected chi connectivity index (χ1v) is 8.68. The third-order valence-electron chi connectivity index (χ3n) is 3.59. The highest BCUT2D eigenvalue weighted by molar-refractivity contribution is 7.88. The molecule has 1 aliphatic rings. The van der Waals surface area contributed by atoms with Crippen LogP contribution in [0.25, 0.3) is 0 Å². The van der Waals surface area contributed by atoms with Crippen molar-refractivity contribution in [1.82, 2.24) is 9.62 Å². The molecule has 1 heterocycles. The first-order chi connectivity index (χ1) is 9.77. The fourth-order valence-corrected chi connectivity index (χ4v) is 3.37. The summed E-state index contributed by atoms with van der Waals surface area (Å²) < 4.78 is 24.5. The lowest BCUT2D eigenvalue weighted by atomic mass is 10.1. The normalized spacial score (nSPS) is 20.2. The van der Waals surface area contributed by atoms with Crippen molar-refractivity contribution in [1.29, 1.82) is 0 Å². The van der Waals surface area contributed by atoms with Crippen LogP contribution in [0.2, 0.25) is 0 Å². The Labute approximate surface area is 124 Å². The number of benzene rings is 1. The van der Waals surface area contributed by atoms with E-state index in [4.69, 9.17) is 0 Å². The van der Waals surface area contributed by atoms with Gasteiger partial charge in [-0.15, -0.1) is 0 Å². The average Bonchev–Trinajstić information content (AvgIpc) is 2.41. The van der Waals surface area contributed by atoms with Gasteiger partial charge in [0.2, 0.25) is 10.0 Å². The van der Waals surface area contributed by atoms with Crippen molar-refractivity contribution >= 4 is 15.9 Å². The van der Waals surface area contributed by atoms with Crippen LogP contribution in [-0.2, 0) is 10.0 Å². The molecular weight excluding hydrogens is 292 g/mol. The van der Waals surface area contributed by atoms with Crippen LogP contribution in [0.5, 0.6) is 5.75 Å². The Kier molecular flexibility index (Phi) is 4.53. The Balaban J connectivity index is 2.07. The van der Waals surface area contributed by atoms with Crippen LogP contribution in [0.1, 0.15) is 28.8 Å². The van der Waals surface area contributed by atoms with Gasteiger partial charge in [-0.25, -0.2) is 12.7 Å². The lowest BCUT2D eigenvalue weighted by Gasteiger charge is -2.31. The summed E-state index contributed by atoms with van der Waals surface area (Å²) in [7, 11) is -3.24. The van der Waals surface area contributed by atoms with Crippen LogP contribution >= 0.6 is 0 Å². The molecule has 21 heavy (non-hydrogen) atoms. The number of hydrogen-bond donors (Lipinski definition) is 2. The second kappa shape index (κ2) is 6.03. The molecule has 0 saturated carbocycles. The molecule has 0 spiro atoms. The van der Waals surface area contributed by atoms with Crippen molar-refractivity contribution in [3.8, 4) is 5.75 Å². The summed E-state index contributed by atoms with van der Waals surface area (Å²) in [6.07, 6.45) is 2.60. The summed E-state index contributed by atoms with van der Waals surface area (Å²) in [6.45, 7) is 2.60. The van der Waals surface area contributed by atoms with Crippen LogP contribution in [-0.4, -0.2) is 49.1 Å². The molecule has 1 atom stereocenters. The van der Waals surface area contributed by atoms with E-state index < -0.39 is 10.0 Å². The van der Waals surface area contributed by atoms with Crippen molar-refractivity contribution in [3.05, 3.63) is 29.3 Å². The minimum Gasteiger partial charge on any atom is -0.507 e. The average molecular weight is 312 g/mol. The van der Waals surface area contributed by atoms with Gasteiger partial charge < -0.3 is 10.4 Å². The number of piperidine rings is 1. The number of carbonyl (C=O) groups excluding carboxylic acids is 1. The molecule has 2 N–H and O–H groups in total. The van der Waals surface area contributed by atoms with E-state index in [1.165, 1.54) is 16.6 Å². The lowest BCUT2D eigenvalue weighted by molar-refractivity contribution is 0.0918. The van der Waals surface area contributed by atoms with E-state index in [9.17, 15) is 18.3 Å². The summed E-state index contributed by atoms with van der Waals surface area (Å²) >= 11 is 0. The molecule has 2 rings (SSSR count). The molecule has 1 saturated heterocycles. The van der Waals surface area contributed by atoms with Gasteiger partial charge in [0.15, 0.2) is 0 Å². The van der Waals surface area contributed by atoms with Gasteiger partial charge in [-0.2, -0.15) is 0 Å². The molecule has 0 aliphatic carbocycles. The Bertz CT molecular complexity index is 642. The third kappa shape index (κ3) is 3.95. The summed E-state index contributed by atoms with van der Waals surface area (Å²) in [5, 5.41) is 12.5. The van der Waals surface area contributed by atoms with Gasteiger partial charge in [-0.1, -0.05) is 11.6 Å². The number of hydrogen-bond acceptors (Lipinski definition) is 4. The molecule has 0 bridgehead atoms. The molecule has 1 aromatic rings. The number of aryl methyl sites for hydroxylation is 1. The third-order valence-corrected chi connectivity index (χ3v) is 4.85. The van der Waals surface area contributed by atoms with Crippen LogP contribution in [0, 0.1) is 6.92 Å². The number of aromatic hydroxyl groups is 1. The first-order valence-electron chi connectivity index (χ1n) is 6.83. The molecule has 1 fully saturated rings. The van der Waals surface area contributed by atoms with E-state index in [1.807, 2.05) is 6.92 Å². The number of sulfonamides is 1. The Morgan fingerprint density at radius 3 is 2.81 bits per heavy atom. The molecule has 116 valence electrons. The van der Waals surface area contributed by atoms with Crippen molar-refractivity contribution in [2.45, 2.75) is 25.8 Å². The van der Waals surface area contributed by atoms with Gasteiger partial charge in [0.05, 0.1) is 11.8 Å². The summed E-state index contributed by atoms with van der Waals surface area (Å²) in [5.41, 5.74) is 1.09. The van der Waals surface area contributed by atoms with Crippen LogP contribution < -0.4 is 5.32 Å². The van der Waals surface area contributed by atoms with E-state index in [-0.39, 0.29) is 29.8 Å². The molecule has 0 aromatic heterocycles. The number of rotatable bonds is 3. The van der Waals surface area contributed by atoms with Gasteiger partial charge in [-0.05, 0) is 31.9 Å². The van der Waals surface area contributed by atoms with E-state index in [1.54, 1.807) is 12.1 Å². The van der Waals surface area contributed by atoms with Crippen molar-refractivity contribution in [2.24, 2.45) is 0 Å². The zero-order valence-electron chi connectivity index (χ0n) is 12.2. The summed E-state index contributed by atoms with van der Waals surface area (Å²) in [6, 6.07) is 4.58. The molecule has 1 aliphatic heterocycles. The fraction of sp³-hybridized carbons (Fsp3) is 0.500. The zero-order chi connectivity index (χ0) is 15.6. The molecule has 1 unspecified atom stereocenters. The largest absolute Gasteiger partial charge is 0.507 e. The van der Waals surface area contributed by atoms with E-state index in [0.717, 1.165) is 12.0 Å². The monoisotopic (exact) mass is 312 g/mol. The molecule has 1 aromatic carbocycles. The number of carbonyl (C=O) groups is 1. The van der Waals surface area contributed by atoms with Gasteiger partial charge in [-0.3, -0.25) is 4.79 Å². The van der Waals surface area contributed by atoms with Crippen LogP contribution in [0.15, 0.2) is 18.2 Å². The molecule has 0 radical (unpaired) electrons. The number of nitrogens with zero attached hydrogens (tertiary/aromatic N) is 1. The van der Waals surface area contributed by atoms with E-state index in [2.05, 4.69) is 5.32 Å². The minimum atomic E-state index is -3.24. The van der Waals surface area contributed by atoms with Gasteiger partial charge in [0.25, 0.3) is 5.91 Å². The zero-order valence-corrected chi connectivity index (χ0v) is 13.0. The second-order valence-corrected chi connectivity index (χ2v) is 7.44. The van der Waals surface area contributed by atoms with Crippen molar-refractivity contribution in [2.75, 3.05) is 19.3 Å². The van der Waals surface area contributed by atoms with Crippen molar-refractivity contribution in [3.63, 3.8) is 0 Å². The molecule has 6 nitrogen and oxygen atoms in total. The van der Waals surface area contributed by atoms with Crippen LogP contribution in [0.3, 0.4) is 0 Å². The van der Waals surface area contributed by atoms with E-state index in [0.29, 0.717) is 13.0 Å². The Morgan fingerprint density at radius 1 is 1.43 bits per heavy atom. The minimum absolute atomic E-state index is 0.0751. The number of phenols is 1. The fourth-order valence-electron chi connectivity index (χ4n) is 2.46. The number of nitrogens with one attached hydrogen (secondary N) is 1. The van der Waals surface area contributed by atoms with Crippen molar-refractivity contribution < 1.29 is 18.3 Å². The van der Waals surface area contributed by atoms with Crippen LogP contribution in [0.4, 0.5) is 0 Å². The maximum atomic E-state index is 12.2. The quantitative estimate of drug-likeness (QED) is 0.866. The lowest BCUT2D eigenvalue weighted by Crippen LogP contribution is -2.49.